The highest BCUT2D eigenvalue weighted by molar-refractivity contribution is 6.27. The topological polar surface area (TPSA) is 150 Å². The quantitative estimate of drug-likeness (QED) is 0.556. The van der Waals surface area contributed by atoms with Gasteiger partial charge in [0.2, 0.25) is 0 Å². The molecule has 10 heteroatoms. The van der Waals surface area contributed by atoms with E-state index in [2.05, 4.69) is 10.2 Å². The molecule has 1 atom stereocenters. The van der Waals surface area contributed by atoms with Crippen molar-refractivity contribution in [3.63, 3.8) is 0 Å². The number of pyridine rings is 1. The van der Waals surface area contributed by atoms with Gasteiger partial charge in [0.15, 0.2) is 0 Å². The number of para-hydroxylation sites is 1. The Morgan fingerprint density at radius 3 is 2.28 bits per heavy atom. The SMILES string of the molecule is COc1ccc(-c2c(C#N)c(N)n(/N=C(\C)C3C(=O)N(c4ccccc4)N=C3C)c(=O)c2C#N)cc1. The van der Waals surface area contributed by atoms with Gasteiger partial charge in [-0.25, -0.2) is 0 Å². The maximum Gasteiger partial charge on any atom is 0.291 e. The Kier molecular flexibility index (Phi) is 6.36. The minimum atomic E-state index is -0.839. The van der Waals surface area contributed by atoms with Crippen molar-refractivity contribution in [1.82, 2.24) is 4.68 Å². The van der Waals surface area contributed by atoms with E-state index in [1.54, 1.807) is 62.4 Å². The molecule has 2 N–H and O–H groups in total. The molecule has 178 valence electrons. The molecule has 4 rings (SSSR count). The molecule has 0 saturated heterocycles. The summed E-state index contributed by atoms with van der Waals surface area (Å²) in [6, 6.07) is 19.3. The molecule has 2 aromatic carbocycles. The lowest BCUT2D eigenvalue weighted by Crippen LogP contribution is -2.33. The molecule has 0 saturated carbocycles. The average Bonchev–Trinajstić information content (AvgIpc) is 3.20. The largest absolute Gasteiger partial charge is 0.497 e. The van der Waals surface area contributed by atoms with E-state index in [0.717, 1.165) is 4.68 Å². The molecule has 10 nitrogen and oxygen atoms in total. The number of ether oxygens (including phenoxy) is 1. The summed E-state index contributed by atoms with van der Waals surface area (Å²) < 4.78 is 5.95. The minimum absolute atomic E-state index is 0.0816. The summed E-state index contributed by atoms with van der Waals surface area (Å²) in [5, 5.41) is 29.6. The second-order valence-electron chi connectivity index (χ2n) is 7.98. The minimum Gasteiger partial charge on any atom is -0.497 e. The van der Waals surface area contributed by atoms with Crippen LogP contribution in [0.5, 0.6) is 5.75 Å². The lowest BCUT2D eigenvalue weighted by atomic mass is 9.96. The van der Waals surface area contributed by atoms with Crippen molar-refractivity contribution in [1.29, 1.82) is 10.5 Å². The van der Waals surface area contributed by atoms with Gasteiger partial charge in [-0.2, -0.15) is 30.4 Å². The highest BCUT2D eigenvalue weighted by Gasteiger charge is 2.37. The summed E-state index contributed by atoms with van der Waals surface area (Å²) in [5.41, 5.74) is 6.91. The number of rotatable bonds is 5. The van der Waals surface area contributed by atoms with Crippen molar-refractivity contribution in [2.75, 3.05) is 17.9 Å². The molecule has 0 bridgehead atoms. The maximum absolute atomic E-state index is 13.3. The van der Waals surface area contributed by atoms with Gasteiger partial charge in [0.1, 0.15) is 40.8 Å². The van der Waals surface area contributed by atoms with Gasteiger partial charge in [-0.1, -0.05) is 30.3 Å². The van der Waals surface area contributed by atoms with Crippen molar-refractivity contribution >= 4 is 28.8 Å². The summed E-state index contributed by atoms with van der Waals surface area (Å²) in [4.78, 5) is 26.5. The van der Waals surface area contributed by atoms with Gasteiger partial charge < -0.3 is 10.5 Å². The number of methoxy groups -OCH3 is 1. The summed E-state index contributed by atoms with van der Waals surface area (Å²) in [5.74, 6) is -0.858. The predicted octanol–water partition coefficient (Wildman–Crippen LogP) is 3.11. The van der Waals surface area contributed by atoms with Gasteiger partial charge in [0.05, 0.1) is 24.2 Å². The molecule has 1 aliphatic heterocycles. The fourth-order valence-corrected chi connectivity index (χ4v) is 4.06. The highest BCUT2D eigenvalue weighted by atomic mass is 16.5. The number of carbonyl (C=O) groups is 1. The van der Waals surface area contributed by atoms with E-state index in [-0.39, 0.29) is 34.1 Å². The predicted molar refractivity (Wildman–Crippen MR) is 136 cm³/mol. The molecule has 0 radical (unpaired) electrons. The molecule has 2 heterocycles. The fourth-order valence-electron chi connectivity index (χ4n) is 4.06. The first kappa shape index (κ1) is 23.9. The van der Waals surface area contributed by atoms with Gasteiger partial charge in [-0.15, -0.1) is 0 Å². The summed E-state index contributed by atoms with van der Waals surface area (Å²) >= 11 is 0. The Balaban J connectivity index is 1.82. The maximum atomic E-state index is 13.3. The van der Waals surface area contributed by atoms with Crippen LogP contribution in [0.2, 0.25) is 0 Å². The lowest BCUT2D eigenvalue weighted by Gasteiger charge is -2.16. The van der Waals surface area contributed by atoms with Crippen molar-refractivity contribution in [2.45, 2.75) is 13.8 Å². The molecule has 3 aromatic rings. The monoisotopic (exact) mass is 479 g/mol. The molecule has 1 aromatic heterocycles. The van der Waals surface area contributed by atoms with Gasteiger partial charge in [-0.3, -0.25) is 9.59 Å². The second-order valence-corrected chi connectivity index (χ2v) is 7.98. The van der Waals surface area contributed by atoms with E-state index in [1.165, 1.54) is 12.1 Å². The van der Waals surface area contributed by atoms with Crippen molar-refractivity contribution in [2.24, 2.45) is 16.1 Å². The van der Waals surface area contributed by atoms with Crippen molar-refractivity contribution in [3.8, 4) is 29.0 Å². The Labute approximate surface area is 206 Å². The zero-order valence-corrected chi connectivity index (χ0v) is 19.8. The number of aromatic nitrogens is 1. The summed E-state index contributed by atoms with van der Waals surface area (Å²) in [6.07, 6.45) is 0. The molecule has 1 amide bonds. The number of nitriles is 2. The van der Waals surface area contributed by atoms with Crippen molar-refractivity contribution in [3.05, 3.63) is 76.1 Å². The first-order chi connectivity index (χ1) is 17.3. The number of hydrogen-bond donors (Lipinski definition) is 1. The number of anilines is 2. The van der Waals surface area contributed by atoms with Crippen LogP contribution in [-0.2, 0) is 4.79 Å². The van der Waals surface area contributed by atoms with E-state index in [0.29, 0.717) is 22.7 Å². The number of amides is 1. The molecule has 0 fully saturated rings. The Hall–Kier alpha value is -5.22. The standard InChI is InChI=1S/C26H21N7O3/c1-15-22(26(35)32(30-15)18-7-5-4-6-8-18)16(2)31-33-24(29)20(13-27)23(21(14-28)25(33)34)17-9-11-19(36-3)12-10-17/h4-12,22H,29H2,1-3H3/b31-16+. The smallest absolute Gasteiger partial charge is 0.291 e. The second kappa shape index (κ2) is 9.57. The normalized spacial score (nSPS) is 15.3. The summed E-state index contributed by atoms with van der Waals surface area (Å²) in [6.45, 7) is 3.25. The molecule has 0 aliphatic carbocycles. The first-order valence-corrected chi connectivity index (χ1v) is 10.8. The molecule has 1 unspecified atom stereocenters. The third kappa shape index (κ3) is 3.97. The molecular formula is C26H21N7O3. The highest BCUT2D eigenvalue weighted by Crippen LogP contribution is 2.31. The van der Waals surface area contributed by atoms with E-state index >= 15 is 0 Å². The summed E-state index contributed by atoms with van der Waals surface area (Å²) in [7, 11) is 1.51. The number of nitrogens with zero attached hydrogens (tertiary/aromatic N) is 6. The number of nitrogens with two attached hydrogens (primary N) is 1. The van der Waals surface area contributed by atoms with E-state index < -0.39 is 11.5 Å². The first-order valence-electron chi connectivity index (χ1n) is 10.8. The van der Waals surface area contributed by atoms with Crippen LogP contribution in [0.3, 0.4) is 0 Å². The van der Waals surface area contributed by atoms with Crippen molar-refractivity contribution < 1.29 is 9.53 Å². The number of hydrogen-bond acceptors (Lipinski definition) is 8. The third-order valence-corrected chi connectivity index (χ3v) is 5.80. The number of carbonyl (C=O) groups excluding carboxylic acids is 1. The van der Waals surface area contributed by atoms with E-state index in [9.17, 15) is 20.1 Å². The van der Waals surface area contributed by atoms with Crippen LogP contribution in [0.4, 0.5) is 11.5 Å². The van der Waals surface area contributed by atoms with Crippen LogP contribution >= 0.6 is 0 Å². The van der Waals surface area contributed by atoms with Crippen LogP contribution in [0.25, 0.3) is 11.1 Å². The Morgan fingerprint density at radius 2 is 1.69 bits per heavy atom. The number of nitrogen functional groups attached to an aromatic ring is 1. The molecular weight excluding hydrogens is 458 g/mol. The van der Waals surface area contributed by atoms with Gasteiger partial charge in [-0.05, 0) is 43.7 Å². The fraction of sp³-hybridized carbons (Fsp3) is 0.154. The van der Waals surface area contributed by atoms with E-state index in [1.807, 2.05) is 18.2 Å². The van der Waals surface area contributed by atoms with Crippen LogP contribution in [-0.4, -0.2) is 29.1 Å². The Morgan fingerprint density at radius 1 is 1.06 bits per heavy atom. The number of benzene rings is 2. The van der Waals surface area contributed by atoms with E-state index in [4.69, 9.17) is 10.5 Å². The van der Waals surface area contributed by atoms with Crippen LogP contribution in [0.1, 0.15) is 25.0 Å². The average molecular weight is 480 g/mol. The lowest BCUT2D eigenvalue weighted by molar-refractivity contribution is -0.118. The van der Waals surface area contributed by atoms with Gasteiger partial charge in [0, 0.05) is 5.56 Å². The number of hydrazone groups is 1. The van der Waals surface area contributed by atoms with Crippen LogP contribution in [0.15, 0.2) is 69.6 Å². The van der Waals surface area contributed by atoms with Crippen LogP contribution < -0.4 is 21.0 Å². The molecule has 0 spiro atoms. The third-order valence-electron chi connectivity index (χ3n) is 5.80. The molecule has 1 aliphatic rings. The Bertz CT molecular complexity index is 1560. The molecule has 36 heavy (non-hydrogen) atoms. The zero-order valence-electron chi connectivity index (χ0n) is 19.8. The van der Waals surface area contributed by atoms with Gasteiger partial charge in [0.25, 0.3) is 11.5 Å². The van der Waals surface area contributed by atoms with Crippen LogP contribution in [0, 0.1) is 28.6 Å². The van der Waals surface area contributed by atoms with Gasteiger partial charge >= 0.3 is 0 Å². The zero-order chi connectivity index (χ0) is 26.0.